The summed E-state index contributed by atoms with van der Waals surface area (Å²) in [7, 11) is 0. The second-order valence-electron chi connectivity index (χ2n) is 4.27. The van der Waals surface area contributed by atoms with Gasteiger partial charge in [-0.25, -0.2) is 0 Å². The number of hydrogen-bond donors (Lipinski definition) is 1. The van der Waals surface area contributed by atoms with Gasteiger partial charge in [-0.1, -0.05) is 0 Å². The van der Waals surface area contributed by atoms with Gasteiger partial charge in [0, 0.05) is 13.2 Å². The molecule has 0 aliphatic carbocycles. The second-order valence-corrected chi connectivity index (χ2v) is 4.27. The first-order valence-corrected chi connectivity index (χ1v) is 4.82. The van der Waals surface area contributed by atoms with E-state index in [1.54, 1.807) is 13.8 Å². The highest BCUT2D eigenvalue weighted by atomic mass is 16.5. The lowest BCUT2D eigenvalue weighted by Gasteiger charge is -2.17. The van der Waals surface area contributed by atoms with Crippen LogP contribution in [0.15, 0.2) is 0 Å². The Balaban J connectivity index is 2.31. The molecular weight excluding hydrogens is 180 g/mol. The summed E-state index contributed by atoms with van der Waals surface area (Å²) < 4.78 is 5.11. The van der Waals surface area contributed by atoms with Gasteiger partial charge in [0.15, 0.2) is 0 Å². The number of carbonyl (C=O) groups is 1. The largest absolute Gasteiger partial charge is 0.381 e. The predicted octanol–water partition coefficient (Wildman–Crippen LogP) is 0.689. The van der Waals surface area contributed by atoms with Crippen molar-refractivity contribution >= 4 is 5.91 Å². The highest BCUT2D eigenvalue weighted by Crippen LogP contribution is 2.14. The molecule has 1 rings (SSSR count). The molecule has 78 valence electrons. The van der Waals surface area contributed by atoms with Crippen LogP contribution in [0.1, 0.15) is 20.3 Å². The molecule has 1 atom stereocenters. The number of nitriles is 1. The normalized spacial score (nSPS) is 21.6. The van der Waals surface area contributed by atoms with Crippen LogP contribution in [0.3, 0.4) is 0 Å². The molecule has 1 unspecified atom stereocenters. The van der Waals surface area contributed by atoms with Crippen molar-refractivity contribution in [1.29, 1.82) is 5.26 Å². The van der Waals surface area contributed by atoms with E-state index in [4.69, 9.17) is 10.00 Å². The van der Waals surface area contributed by atoms with E-state index in [2.05, 4.69) is 11.4 Å². The van der Waals surface area contributed by atoms with Gasteiger partial charge in [0.1, 0.15) is 0 Å². The molecule has 1 aliphatic rings. The third-order valence-electron chi connectivity index (χ3n) is 2.31. The topological polar surface area (TPSA) is 62.1 Å². The Morgan fingerprint density at radius 1 is 1.71 bits per heavy atom. The molecule has 0 aromatic heterocycles. The van der Waals surface area contributed by atoms with E-state index in [-0.39, 0.29) is 11.8 Å². The Bertz CT molecular complexity index is 249. The number of rotatable bonds is 3. The van der Waals surface area contributed by atoms with E-state index < -0.39 is 5.41 Å². The molecule has 4 nitrogen and oxygen atoms in total. The van der Waals surface area contributed by atoms with Crippen molar-refractivity contribution in [1.82, 2.24) is 5.32 Å². The second kappa shape index (κ2) is 4.43. The van der Waals surface area contributed by atoms with Gasteiger partial charge in [-0.2, -0.15) is 5.26 Å². The van der Waals surface area contributed by atoms with Crippen LogP contribution in [0.25, 0.3) is 0 Å². The van der Waals surface area contributed by atoms with Crippen LogP contribution in [0.2, 0.25) is 0 Å². The van der Waals surface area contributed by atoms with Crippen molar-refractivity contribution < 1.29 is 9.53 Å². The van der Waals surface area contributed by atoms with Gasteiger partial charge in [-0.15, -0.1) is 0 Å². The molecule has 0 aromatic rings. The summed E-state index contributed by atoms with van der Waals surface area (Å²) >= 11 is 0. The third kappa shape index (κ3) is 3.00. The van der Waals surface area contributed by atoms with Gasteiger partial charge < -0.3 is 10.1 Å². The lowest BCUT2D eigenvalue weighted by atomic mass is 9.95. The van der Waals surface area contributed by atoms with Crippen LogP contribution in [0.4, 0.5) is 0 Å². The summed E-state index contributed by atoms with van der Waals surface area (Å²) in [6.45, 7) is 5.19. The van der Waals surface area contributed by atoms with Crippen molar-refractivity contribution in [3.8, 4) is 6.07 Å². The van der Waals surface area contributed by atoms with Crippen LogP contribution in [-0.4, -0.2) is 25.7 Å². The molecule has 0 spiro atoms. The summed E-state index contributed by atoms with van der Waals surface area (Å²) in [5.41, 5.74) is -0.491. The van der Waals surface area contributed by atoms with Crippen molar-refractivity contribution in [2.45, 2.75) is 20.3 Å². The molecule has 0 bridgehead atoms. The third-order valence-corrected chi connectivity index (χ3v) is 2.31. The minimum atomic E-state index is -0.491. The maximum atomic E-state index is 11.5. The highest BCUT2D eigenvalue weighted by molar-refractivity contribution is 5.79. The lowest BCUT2D eigenvalue weighted by Crippen LogP contribution is -2.37. The first-order valence-electron chi connectivity index (χ1n) is 4.82. The minimum absolute atomic E-state index is 0.00539. The molecule has 1 N–H and O–H groups in total. The molecule has 1 fully saturated rings. The van der Waals surface area contributed by atoms with Crippen LogP contribution < -0.4 is 5.32 Å². The number of hydrogen-bond acceptors (Lipinski definition) is 3. The van der Waals surface area contributed by atoms with Crippen LogP contribution in [0.5, 0.6) is 0 Å². The molecule has 1 saturated heterocycles. The zero-order chi connectivity index (χ0) is 10.6. The predicted molar refractivity (Wildman–Crippen MR) is 51.3 cm³/mol. The summed E-state index contributed by atoms with van der Waals surface area (Å²) in [5, 5.41) is 11.5. The molecule has 0 saturated carbocycles. The Labute approximate surface area is 84.2 Å². The summed E-state index contributed by atoms with van der Waals surface area (Å²) in [6.07, 6.45) is 0.790. The fourth-order valence-electron chi connectivity index (χ4n) is 1.23. The van der Waals surface area contributed by atoms with Crippen molar-refractivity contribution in [3.05, 3.63) is 0 Å². The van der Waals surface area contributed by atoms with Gasteiger partial charge in [0.05, 0.1) is 24.0 Å². The SMILES string of the molecule is CC(C)(C#N)CNC(=O)C1CCOC1. The Kier molecular flexibility index (Phi) is 3.48. The maximum absolute atomic E-state index is 11.5. The number of carbonyl (C=O) groups excluding carboxylic acids is 1. The van der Waals surface area contributed by atoms with Crippen LogP contribution >= 0.6 is 0 Å². The van der Waals surface area contributed by atoms with Gasteiger partial charge in [-0.05, 0) is 20.3 Å². The van der Waals surface area contributed by atoms with Gasteiger partial charge in [0.2, 0.25) is 5.91 Å². The summed E-state index contributed by atoms with van der Waals surface area (Å²) in [6, 6.07) is 2.14. The smallest absolute Gasteiger partial charge is 0.225 e. The van der Waals surface area contributed by atoms with E-state index in [9.17, 15) is 4.79 Å². The number of amides is 1. The Morgan fingerprint density at radius 3 is 2.93 bits per heavy atom. The fraction of sp³-hybridized carbons (Fsp3) is 0.800. The number of nitrogens with one attached hydrogen (secondary N) is 1. The molecule has 4 heteroatoms. The fourth-order valence-corrected chi connectivity index (χ4v) is 1.23. The Morgan fingerprint density at radius 2 is 2.43 bits per heavy atom. The van der Waals surface area contributed by atoms with Crippen LogP contribution in [-0.2, 0) is 9.53 Å². The minimum Gasteiger partial charge on any atom is -0.381 e. The average Bonchev–Trinajstić information content (AvgIpc) is 2.67. The monoisotopic (exact) mass is 196 g/mol. The zero-order valence-corrected chi connectivity index (χ0v) is 8.67. The zero-order valence-electron chi connectivity index (χ0n) is 8.67. The number of nitrogens with zero attached hydrogens (tertiary/aromatic N) is 1. The highest BCUT2D eigenvalue weighted by Gasteiger charge is 2.25. The van der Waals surface area contributed by atoms with E-state index >= 15 is 0 Å². The summed E-state index contributed by atoms with van der Waals surface area (Å²) in [4.78, 5) is 11.5. The van der Waals surface area contributed by atoms with Gasteiger partial charge in [-0.3, -0.25) is 4.79 Å². The first-order chi connectivity index (χ1) is 6.55. The van der Waals surface area contributed by atoms with Crippen molar-refractivity contribution in [3.63, 3.8) is 0 Å². The molecule has 1 amide bonds. The van der Waals surface area contributed by atoms with Gasteiger partial charge >= 0.3 is 0 Å². The maximum Gasteiger partial charge on any atom is 0.225 e. The quantitative estimate of drug-likeness (QED) is 0.722. The summed E-state index contributed by atoms with van der Waals surface area (Å²) in [5.74, 6) is -0.0182. The first kappa shape index (κ1) is 11.0. The van der Waals surface area contributed by atoms with Crippen molar-refractivity contribution in [2.75, 3.05) is 19.8 Å². The molecule has 1 heterocycles. The van der Waals surface area contributed by atoms with Crippen LogP contribution in [0, 0.1) is 22.7 Å². The molecule has 1 aliphatic heterocycles. The van der Waals surface area contributed by atoms with E-state index in [1.807, 2.05) is 0 Å². The van der Waals surface area contributed by atoms with E-state index in [0.29, 0.717) is 19.8 Å². The van der Waals surface area contributed by atoms with Crippen molar-refractivity contribution in [2.24, 2.45) is 11.3 Å². The van der Waals surface area contributed by atoms with E-state index in [1.165, 1.54) is 0 Å². The molecule has 14 heavy (non-hydrogen) atoms. The lowest BCUT2D eigenvalue weighted by molar-refractivity contribution is -0.125. The average molecular weight is 196 g/mol. The molecular formula is C10H16N2O2. The standard InChI is InChI=1S/C10H16N2O2/c1-10(2,6-11)7-12-9(13)8-3-4-14-5-8/h8H,3-5,7H2,1-2H3,(H,12,13). The number of ether oxygens (including phenoxy) is 1. The Hall–Kier alpha value is -1.08. The van der Waals surface area contributed by atoms with E-state index in [0.717, 1.165) is 6.42 Å². The molecule has 0 aromatic carbocycles. The van der Waals surface area contributed by atoms with Gasteiger partial charge in [0.25, 0.3) is 0 Å². The molecule has 0 radical (unpaired) electrons.